The average molecular weight is 350 g/mol. The minimum Gasteiger partial charge on any atom is -0.353 e. The fraction of sp³-hybridized carbons (Fsp3) is 0.900. The highest BCUT2D eigenvalue weighted by Crippen LogP contribution is 2.27. The van der Waals surface area contributed by atoms with Gasteiger partial charge in [0.15, 0.2) is 0 Å². The number of carbonyl (C=O) groups is 2. The van der Waals surface area contributed by atoms with Gasteiger partial charge >= 0.3 is 0 Å². The summed E-state index contributed by atoms with van der Waals surface area (Å²) in [4.78, 5) is 29.3. The van der Waals surface area contributed by atoms with E-state index in [4.69, 9.17) is 0 Å². The summed E-state index contributed by atoms with van der Waals surface area (Å²) in [6, 6.07) is 0.996. The van der Waals surface area contributed by atoms with Gasteiger partial charge in [0.25, 0.3) is 0 Å². The molecular weight excluding hydrogens is 314 g/mol. The van der Waals surface area contributed by atoms with Gasteiger partial charge in [0.05, 0.1) is 5.92 Å². The molecule has 2 heterocycles. The fourth-order valence-electron chi connectivity index (χ4n) is 4.14. The summed E-state index contributed by atoms with van der Waals surface area (Å²) in [5, 5.41) is 3.17. The number of hydrogen-bond acceptors (Lipinski definition) is 3. The number of hydrogen-bond donors (Lipinski definition) is 1. The maximum Gasteiger partial charge on any atom is 0.224 e. The number of amides is 2. The number of likely N-dealkylation sites (tertiary alicyclic amines) is 2. The van der Waals surface area contributed by atoms with Gasteiger partial charge in [-0.15, -0.1) is 0 Å². The third kappa shape index (κ3) is 5.44. The van der Waals surface area contributed by atoms with E-state index in [1.54, 1.807) is 0 Å². The molecule has 3 fully saturated rings. The zero-order valence-electron chi connectivity index (χ0n) is 16.2. The molecule has 1 saturated carbocycles. The van der Waals surface area contributed by atoms with Gasteiger partial charge in [-0.1, -0.05) is 20.8 Å². The first-order valence-corrected chi connectivity index (χ1v) is 10.1. The topological polar surface area (TPSA) is 52.7 Å². The molecule has 5 heteroatoms. The van der Waals surface area contributed by atoms with Crippen LogP contribution in [-0.4, -0.2) is 59.9 Å². The molecule has 0 aromatic rings. The van der Waals surface area contributed by atoms with Crippen LogP contribution in [0.5, 0.6) is 0 Å². The van der Waals surface area contributed by atoms with Crippen molar-refractivity contribution in [1.82, 2.24) is 15.1 Å². The lowest BCUT2D eigenvalue weighted by Crippen LogP contribution is -2.51. The van der Waals surface area contributed by atoms with Gasteiger partial charge in [0.2, 0.25) is 11.8 Å². The molecule has 2 amide bonds. The fourth-order valence-corrected chi connectivity index (χ4v) is 4.14. The van der Waals surface area contributed by atoms with E-state index in [-0.39, 0.29) is 17.2 Å². The zero-order valence-corrected chi connectivity index (χ0v) is 16.2. The summed E-state index contributed by atoms with van der Waals surface area (Å²) in [6.07, 6.45) is 7.18. The predicted octanol–water partition coefficient (Wildman–Crippen LogP) is 2.40. The van der Waals surface area contributed by atoms with Gasteiger partial charge in [0, 0.05) is 38.1 Å². The number of carbonyl (C=O) groups excluding carboxylic acids is 2. The zero-order chi connectivity index (χ0) is 18.0. The molecule has 142 valence electrons. The number of nitrogens with zero attached hydrogens (tertiary/aromatic N) is 2. The largest absolute Gasteiger partial charge is 0.353 e. The van der Waals surface area contributed by atoms with E-state index in [1.807, 2.05) is 4.90 Å². The first-order chi connectivity index (χ1) is 11.8. The van der Waals surface area contributed by atoms with Crippen molar-refractivity contribution in [3.8, 4) is 0 Å². The molecule has 0 radical (unpaired) electrons. The van der Waals surface area contributed by atoms with Crippen LogP contribution in [0.25, 0.3) is 0 Å². The van der Waals surface area contributed by atoms with Crippen LogP contribution in [0.2, 0.25) is 0 Å². The van der Waals surface area contributed by atoms with Crippen molar-refractivity contribution in [2.24, 2.45) is 11.3 Å². The Morgan fingerprint density at radius 2 is 1.68 bits per heavy atom. The quantitative estimate of drug-likeness (QED) is 0.848. The molecule has 1 N–H and O–H groups in total. The molecule has 3 aliphatic rings. The van der Waals surface area contributed by atoms with Gasteiger partial charge < -0.3 is 10.2 Å². The van der Waals surface area contributed by atoms with Gasteiger partial charge in [-0.3, -0.25) is 14.5 Å². The third-order valence-corrected chi connectivity index (χ3v) is 5.76. The number of rotatable bonds is 4. The lowest BCUT2D eigenvalue weighted by molar-refractivity contribution is -0.134. The number of nitrogens with one attached hydrogen (secondary N) is 1. The Balaban J connectivity index is 1.45. The van der Waals surface area contributed by atoms with E-state index < -0.39 is 0 Å². The van der Waals surface area contributed by atoms with E-state index in [2.05, 4.69) is 31.0 Å². The normalized spacial score (nSPS) is 26.5. The molecular formula is C20H35N3O2. The second-order valence-electron chi connectivity index (χ2n) is 9.47. The van der Waals surface area contributed by atoms with Gasteiger partial charge in [-0.05, 0) is 50.5 Å². The van der Waals surface area contributed by atoms with Crippen LogP contribution in [0.3, 0.4) is 0 Å². The van der Waals surface area contributed by atoms with E-state index >= 15 is 0 Å². The van der Waals surface area contributed by atoms with Crippen molar-refractivity contribution in [1.29, 1.82) is 0 Å². The molecule has 0 aromatic carbocycles. The molecule has 1 aliphatic carbocycles. The predicted molar refractivity (Wildman–Crippen MR) is 99.1 cm³/mol. The molecule has 2 saturated heterocycles. The van der Waals surface area contributed by atoms with Crippen molar-refractivity contribution in [2.45, 2.75) is 77.8 Å². The molecule has 0 aromatic heterocycles. The Hall–Kier alpha value is -1.10. The van der Waals surface area contributed by atoms with Crippen molar-refractivity contribution >= 4 is 11.8 Å². The third-order valence-electron chi connectivity index (χ3n) is 5.76. The Bertz CT molecular complexity index is 488. The van der Waals surface area contributed by atoms with Crippen molar-refractivity contribution in [3.63, 3.8) is 0 Å². The molecule has 3 rings (SSSR count). The summed E-state index contributed by atoms with van der Waals surface area (Å²) in [6.45, 7) is 10.1. The molecule has 1 atom stereocenters. The second-order valence-corrected chi connectivity index (χ2v) is 9.47. The van der Waals surface area contributed by atoms with Crippen LogP contribution in [-0.2, 0) is 9.59 Å². The highest BCUT2D eigenvalue weighted by molar-refractivity contribution is 5.79. The molecule has 0 unspecified atom stereocenters. The van der Waals surface area contributed by atoms with Crippen LogP contribution >= 0.6 is 0 Å². The minimum absolute atomic E-state index is 0.0585. The Kier molecular flexibility index (Phi) is 5.71. The van der Waals surface area contributed by atoms with Crippen molar-refractivity contribution in [2.75, 3.05) is 26.2 Å². The van der Waals surface area contributed by atoms with E-state index in [1.165, 1.54) is 0 Å². The highest BCUT2D eigenvalue weighted by Gasteiger charge is 2.34. The summed E-state index contributed by atoms with van der Waals surface area (Å²) >= 11 is 0. The van der Waals surface area contributed by atoms with Gasteiger partial charge in [-0.2, -0.15) is 0 Å². The maximum absolute atomic E-state index is 12.4. The van der Waals surface area contributed by atoms with Crippen LogP contribution in [0.1, 0.15) is 65.7 Å². The minimum atomic E-state index is 0.0585. The number of piperidine rings is 2. The summed E-state index contributed by atoms with van der Waals surface area (Å²) in [5.74, 6) is 0.728. The average Bonchev–Trinajstić information content (AvgIpc) is 3.37. The van der Waals surface area contributed by atoms with Gasteiger partial charge in [-0.25, -0.2) is 0 Å². The van der Waals surface area contributed by atoms with E-state index in [0.717, 1.165) is 64.7 Å². The van der Waals surface area contributed by atoms with Crippen molar-refractivity contribution in [3.05, 3.63) is 0 Å². The Morgan fingerprint density at radius 1 is 1.00 bits per heavy atom. The lowest BCUT2D eigenvalue weighted by Gasteiger charge is -2.42. The maximum atomic E-state index is 12.4. The summed E-state index contributed by atoms with van der Waals surface area (Å²) in [5.41, 5.74) is 0.0585. The van der Waals surface area contributed by atoms with Crippen LogP contribution in [0.4, 0.5) is 0 Å². The highest BCUT2D eigenvalue weighted by atomic mass is 16.2. The SMILES string of the molecule is CC(C)(C)CC(=O)N1CCC(N2CCC[C@@H](C(=O)NC3CC3)C2)CC1. The first kappa shape index (κ1) is 18.7. The molecule has 5 nitrogen and oxygen atoms in total. The van der Waals surface area contributed by atoms with E-state index in [9.17, 15) is 9.59 Å². The monoisotopic (exact) mass is 349 g/mol. The Labute approximate surface area is 152 Å². The first-order valence-electron chi connectivity index (χ1n) is 10.1. The summed E-state index contributed by atoms with van der Waals surface area (Å²) < 4.78 is 0. The summed E-state index contributed by atoms with van der Waals surface area (Å²) in [7, 11) is 0. The van der Waals surface area contributed by atoms with Crippen LogP contribution in [0.15, 0.2) is 0 Å². The van der Waals surface area contributed by atoms with Gasteiger partial charge in [0.1, 0.15) is 0 Å². The van der Waals surface area contributed by atoms with Crippen molar-refractivity contribution < 1.29 is 9.59 Å². The van der Waals surface area contributed by atoms with Crippen LogP contribution in [0, 0.1) is 11.3 Å². The standard InChI is InChI=1S/C20H35N3O2/c1-20(2,3)13-18(24)22-11-8-17(9-12-22)23-10-4-5-15(14-23)19(25)21-16-6-7-16/h15-17H,4-14H2,1-3H3,(H,21,25)/t15-/m1/s1. The van der Waals surface area contributed by atoms with E-state index in [0.29, 0.717) is 24.4 Å². The smallest absolute Gasteiger partial charge is 0.224 e. The molecule has 0 bridgehead atoms. The van der Waals surface area contributed by atoms with Crippen LogP contribution < -0.4 is 5.32 Å². The second kappa shape index (κ2) is 7.65. The Morgan fingerprint density at radius 3 is 2.28 bits per heavy atom. The molecule has 2 aliphatic heterocycles. The molecule has 25 heavy (non-hydrogen) atoms. The molecule has 0 spiro atoms. The lowest BCUT2D eigenvalue weighted by atomic mass is 9.90.